The van der Waals surface area contributed by atoms with Crippen LogP contribution in [0.3, 0.4) is 0 Å². The number of carbonyl (C=O) groups is 1. The van der Waals surface area contributed by atoms with E-state index in [1.165, 1.54) is 0 Å². The molecular weight excluding hydrogens is 268 g/mol. The van der Waals surface area contributed by atoms with Crippen molar-refractivity contribution in [1.82, 2.24) is 5.43 Å². The first-order valence-corrected chi connectivity index (χ1v) is 6.98. The molecule has 2 aliphatic carbocycles. The molecule has 0 radical (unpaired) electrons. The molecule has 1 saturated carbocycles. The summed E-state index contributed by atoms with van der Waals surface area (Å²) in [5, 5.41) is 4.25. The second-order valence-corrected chi connectivity index (χ2v) is 5.25. The van der Waals surface area contributed by atoms with Crippen LogP contribution in [0.5, 0.6) is 11.5 Å². The van der Waals surface area contributed by atoms with Crippen LogP contribution in [-0.2, 0) is 0 Å². The van der Waals surface area contributed by atoms with Crippen LogP contribution in [0, 0.1) is 11.8 Å². The van der Waals surface area contributed by atoms with E-state index in [-0.39, 0.29) is 5.91 Å². The third-order valence-corrected chi connectivity index (χ3v) is 4.11. The number of carbonyl (C=O) groups excluding carboxylic acids is 1. The summed E-state index contributed by atoms with van der Waals surface area (Å²) in [5.74, 6) is 2.01. The van der Waals surface area contributed by atoms with E-state index in [1.54, 1.807) is 32.4 Å². The average molecular weight is 286 g/mol. The van der Waals surface area contributed by atoms with E-state index < -0.39 is 0 Å². The van der Waals surface area contributed by atoms with Crippen LogP contribution in [0.15, 0.2) is 35.5 Å². The Morgan fingerprint density at radius 3 is 2.81 bits per heavy atom. The molecule has 1 N–H and O–H groups in total. The largest absolute Gasteiger partial charge is 0.493 e. The number of amides is 1. The SMILES string of the molecule is COc1ccc(C(=O)N/N=C2\CC3C=CCC23)cc1OC. The molecule has 1 aromatic rings. The Kier molecular flexibility index (Phi) is 3.64. The molecule has 0 bridgehead atoms. The second kappa shape index (κ2) is 5.60. The minimum absolute atomic E-state index is 0.238. The van der Waals surface area contributed by atoms with E-state index in [4.69, 9.17) is 9.47 Å². The molecular formula is C16H18N2O3. The molecule has 0 saturated heterocycles. The maximum atomic E-state index is 12.1. The minimum Gasteiger partial charge on any atom is -0.493 e. The van der Waals surface area contributed by atoms with Gasteiger partial charge in [-0.1, -0.05) is 12.2 Å². The van der Waals surface area contributed by atoms with Crippen molar-refractivity contribution in [2.75, 3.05) is 14.2 Å². The molecule has 2 unspecified atom stereocenters. The van der Waals surface area contributed by atoms with Gasteiger partial charge < -0.3 is 9.47 Å². The number of hydrogen-bond acceptors (Lipinski definition) is 4. The van der Waals surface area contributed by atoms with Crippen LogP contribution in [0.1, 0.15) is 23.2 Å². The first-order valence-electron chi connectivity index (χ1n) is 6.98. The summed E-state index contributed by atoms with van der Waals surface area (Å²) in [5.41, 5.74) is 4.21. The maximum Gasteiger partial charge on any atom is 0.271 e. The summed E-state index contributed by atoms with van der Waals surface area (Å²) in [4.78, 5) is 12.1. The fraction of sp³-hybridized carbons (Fsp3) is 0.375. The van der Waals surface area contributed by atoms with Crippen LogP contribution in [-0.4, -0.2) is 25.8 Å². The molecule has 110 valence electrons. The fourth-order valence-corrected chi connectivity index (χ4v) is 2.83. The Morgan fingerprint density at radius 2 is 2.10 bits per heavy atom. The third kappa shape index (κ3) is 2.51. The summed E-state index contributed by atoms with van der Waals surface area (Å²) in [6.07, 6.45) is 6.41. The topological polar surface area (TPSA) is 59.9 Å². The number of rotatable bonds is 4. The lowest BCUT2D eigenvalue weighted by Gasteiger charge is -2.31. The van der Waals surface area contributed by atoms with Crippen molar-refractivity contribution in [1.29, 1.82) is 0 Å². The monoisotopic (exact) mass is 286 g/mol. The number of methoxy groups -OCH3 is 2. The van der Waals surface area contributed by atoms with Crippen molar-refractivity contribution in [2.45, 2.75) is 12.8 Å². The predicted octanol–water partition coefficient (Wildman–Crippen LogP) is 2.39. The zero-order valence-corrected chi connectivity index (χ0v) is 12.1. The highest BCUT2D eigenvalue weighted by atomic mass is 16.5. The van der Waals surface area contributed by atoms with Crippen molar-refractivity contribution in [2.24, 2.45) is 16.9 Å². The number of hydrazone groups is 1. The van der Waals surface area contributed by atoms with Crippen molar-refractivity contribution in [3.05, 3.63) is 35.9 Å². The van der Waals surface area contributed by atoms with Gasteiger partial charge in [0, 0.05) is 17.2 Å². The van der Waals surface area contributed by atoms with Crippen molar-refractivity contribution in [3.63, 3.8) is 0 Å². The van der Waals surface area contributed by atoms with Gasteiger partial charge in [0.15, 0.2) is 11.5 Å². The van der Waals surface area contributed by atoms with Gasteiger partial charge in [-0.3, -0.25) is 4.79 Å². The van der Waals surface area contributed by atoms with E-state index in [1.807, 2.05) is 0 Å². The predicted molar refractivity (Wildman–Crippen MR) is 79.8 cm³/mol. The summed E-state index contributed by atoms with van der Waals surface area (Å²) < 4.78 is 10.3. The molecule has 3 rings (SSSR count). The van der Waals surface area contributed by atoms with Crippen LogP contribution < -0.4 is 14.9 Å². The Labute approximate surface area is 123 Å². The van der Waals surface area contributed by atoms with Crippen LogP contribution in [0.2, 0.25) is 0 Å². The van der Waals surface area contributed by atoms with Gasteiger partial charge in [-0.15, -0.1) is 0 Å². The van der Waals surface area contributed by atoms with E-state index >= 15 is 0 Å². The molecule has 0 heterocycles. The van der Waals surface area contributed by atoms with Crippen LogP contribution >= 0.6 is 0 Å². The third-order valence-electron chi connectivity index (χ3n) is 4.11. The van der Waals surface area contributed by atoms with Gasteiger partial charge in [-0.2, -0.15) is 5.10 Å². The van der Waals surface area contributed by atoms with Gasteiger partial charge in [0.25, 0.3) is 5.91 Å². The first-order chi connectivity index (χ1) is 10.2. The average Bonchev–Trinajstić information content (AvgIpc) is 2.87. The number of benzene rings is 1. The number of allylic oxidation sites excluding steroid dienone is 2. The lowest BCUT2D eigenvalue weighted by atomic mass is 9.74. The summed E-state index contributed by atoms with van der Waals surface area (Å²) in [6, 6.07) is 5.05. The summed E-state index contributed by atoms with van der Waals surface area (Å²) in [7, 11) is 3.10. The highest BCUT2D eigenvalue weighted by molar-refractivity contribution is 5.98. The van der Waals surface area contributed by atoms with Gasteiger partial charge in [-0.25, -0.2) is 5.43 Å². The molecule has 21 heavy (non-hydrogen) atoms. The molecule has 0 aliphatic heterocycles. The van der Waals surface area contributed by atoms with E-state index in [2.05, 4.69) is 22.7 Å². The molecule has 2 aliphatic rings. The van der Waals surface area contributed by atoms with Gasteiger partial charge in [0.2, 0.25) is 0 Å². The highest BCUT2D eigenvalue weighted by Crippen LogP contribution is 2.40. The number of nitrogens with one attached hydrogen (secondary N) is 1. The Balaban J connectivity index is 1.67. The van der Waals surface area contributed by atoms with Gasteiger partial charge >= 0.3 is 0 Å². The molecule has 5 nitrogen and oxygen atoms in total. The fourth-order valence-electron chi connectivity index (χ4n) is 2.83. The number of ether oxygens (including phenoxy) is 2. The molecule has 5 heteroatoms. The number of nitrogens with zero attached hydrogens (tertiary/aromatic N) is 1. The zero-order valence-electron chi connectivity index (χ0n) is 12.1. The Bertz CT molecular complexity index is 622. The summed E-state index contributed by atoms with van der Waals surface area (Å²) in [6.45, 7) is 0. The normalized spacial score (nSPS) is 24.4. The van der Waals surface area contributed by atoms with E-state index in [0.29, 0.717) is 28.9 Å². The molecule has 2 atom stereocenters. The molecule has 0 spiro atoms. The van der Waals surface area contributed by atoms with Gasteiger partial charge in [-0.05, 0) is 37.0 Å². The molecule has 1 fully saturated rings. The lowest BCUT2D eigenvalue weighted by molar-refractivity contribution is 0.0953. The molecule has 1 amide bonds. The molecule has 0 aromatic heterocycles. The standard InChI is InChI=1S/C16H18N2O3/c1-20-14-7-6-11(9-15(14)21-2)16(19)18-17-13-8-10-4-3-5-12(10)13/h3-4,6-7,9-10,12H,5,8H2,1-2H3,(H,18,19)/b17-13+. The van der Waals surface area contributed by atoms with Crippen LogP contribution in [0.25, 0.3) is 0 Å². The van der Waals surface area contributed by atoms with Crippen molar-refractivity contribution in [3.8, 4) is 11.5 Å². The van der Waals surface area contributed by atoms with E-state index in [9.17, 15) is 4.79 Å². The van der Waals surface area contributed by atoms with Crippen molar-refractivity contribution < 1.29 is 14.3 Å². The first kappa shape index (κ1) is 13.7. The maximum absolute atomic E-state index is 12.1. The molecule has 1 aromatic carbocycles. The Hall–Kier alpha value is -2.30. The lowest BCUT2D eigenvalue weighted by Crippen LogP contribution is -2.35. The zero-order chi connectivity index (χ0) is 14.8. The number of fused-ring (bicyclic) bond motifs is 1. The number of hydrogen-bond donors (Lipinski definition) is 1. The quantitative estimate of drug-likeness (QED) is 0.683. The second-order valence-electron chi connectivity index (χ2n) is 5.25. The Morgan fingerprint density at radius 1 is 1.29 bits per heavy atom. The minimum atomic E-state index is -0.238. The van der Waals surface area contributed by atoms with Gasteiger partial charge in [0.05, 0.1) is 14.2 Å². The van der Waals surface area contributed by atoms with Gasteiger partial charge in [0.1, 0.15) is 0 Å². The smallest absolute Gasteiger partial charge is 0.271 e. The van der Waals surface area contributed by atoms with Crippen molar-refractivity contribution >= 4 is 11.6 Å². The summed E-state index contributed by atoms with van der Waals surface area (Å²) >= 11 is 0. The van der Waals surface area contributed by atoms with E-state index in [0.717, 1.165) is 18.6 Å². The van der Waals surface area contributed by atoms with Crippen LogP contribution in [0.4, 0.5) is 0 Å². The highest BCUT2D eigenvalue weighted by Gasteiger charge is 2.38.